The highest BCUT2D eigenvalue weighted by Crippen LogP contribution is 2.02. The fourth-order valence-electron chi connectivity index (χ4n) is 6.79. The van der Waals surface area contributed by atoms with E-state index in [-0.39, 0.29) is 46.8 Å². The fraction of sp³-hybridized carbons (Fsp3) is 0.943. The zero-order valence-corrected chi connectivity index (χ0v) is 62.9. The SMILES string of the molecule is CC(C)NCCOCCOCCC(=O)C(C)C.CC(C)NCCOCCOCCOCCC(=O)C(C)C.CC(C)NCCOCCOCCOCCOCCC(=O)C(C)C.CC(C)NCCOCCOCCOCCOCCOCCOCCOCCOCCC(=O)C(C)C. The first-order valence-electron chi connectivity index (χ1n) is 35.5. The van der Waals surface area contributed by atoms with E-state index in [1.165, 1.54) is 0 Å². The van der Waals surface area contributed by atoms with Gasteiger partial charge < -0.3 is 102 Å². The second-order valence-electron chi connectivity index (χ2n) is 24.3. The van der Waals surface area contributed by atoms with Crippen LogP contribution in [0.2, 0.25) is 0 Å². The molecule has 0 aliphatic heterocycles. The zero-order valence-electron chi connectivity index (χ0n) is 62.9. The van der Waals surface area contributed by atoms with Crippen molar-refractivity contribution in [1.82, 2.24) is 21.3 Å². The average Bonchev–Trinajstić information content (AvgIpc) is 3.60. The average molecular weight is 1380 g/mol. The van der Waals surface area contributed by atoms with Gasteiger partial charge in [-0.15, -0.1) is 0 Å². The summed E-state index contributed by atoms with van der Waals surface area (Å²) >= 11 is 0. The van der Waals surface area contributed by atoms with Crippen LogP contribution in [0.1, 0.15) is 136 Å². The predicted molar refractivity (Wildman–Crippen MR) is 374 cm³/mol. The van der Waals surface area contributed by atoms with Crippen molar-refractivity contribution in [2.24, 2.45) is 23.7 Å². The first-order valence-corrected chi connectivity index (χ1v) is 35.5. The molecular formula is C70H144N4O21. The van der Waals surface area contributed by atoms with Gasteiger partial charge in [-0.3, -0.25) is 19.2 Å². The molecule has 25 nitrogen and oxygen atoms in total. The van der Waals surface area contributed by atoms with Crippen LogP contribution in [0.5, 0.6) is 0 Å². The summed E-state index contributed by atoms with van der Waals surface area (Å²) in [6.07, 6.45) is 1.94. The molecule has 0 aromatic carbocycles. The van der Waals surface area contributed by atoms with Gasteiger partial charge in [0, 0.05) is 99.7 Å². The molecule has 0 radical (unpaired) electrons. The Morgan fingerprint density at radius 1 is 0.179 bits per heavy atom. The quantitative estimate of drug-likeness (QED) is 0.0462. The summed E-state index contributed by atoms with van der Waals surface area (Å²) in [6.45, 7) is 54.4. The summed E-state index contributed by atoms with van der Waals surface area (Å²) < 4.78 is 91.7. The summed E-state index contributed by atoms with van der Waals surface area (Å²) in [6, 6.07) is 1.97. The normalized spacial score (nSPS) is 11.6. The van der Waals surface area contributed by atoms with E-state index in [4.69, 9.17) is 80.5 Å². The lowest BCUT2D eigenvalue weighted by atomic mass is 10.1. The first kappa shape index (κ1) is 99.2. The number of carbonyl (C=O) groups excluding carboxylic acids is 4. The molecule has 25 heteroatoms. The monoisotopic (exact) mass is 1380 g/mol. The van der Waals surface area contributed by atoms with Gasteiger partial charge in [-0.1, -0.05) is 111 Å². The van der Waals surface area contributed by atoms with Gasteiger partial charge in [0.05, 0.1) is 225 Å². The lowest BCUT2D eigenvalue weighted by molar-refractivity contribution is -0.123. The number of Topliss-reactive ketones (excluding diaryl/α,β-unsaturated/α-hetero) is 4. The van der Waals surface area contributed by atoms with Gasteiger partial charge in [0.15, 0.2) is 0 Å². The maximum absolute atomic E-state index is 11.4. The first-order chi connectivity index (χ1) is 45.6. The highest BCUT2D eigenvalue weighted by molar-refractivity contribution is 5.81. The molecular weight excluding hydrogens is 1230 g/mol. The molecule has 0 saturated carbocycles. The van der Waals surface area contributed by atoms with Gasteiger partial charge in [0.25, 0.3) is 0 Å². The van der Waals surface area contributed by atoms with Crippen molar-refractivity contribution in [1.29, 1.82) is 0 Å². The van der Waals surface area contributed by atoms with E-state index >= 15 is 0 Å². The smallest absolute Gasteiger partial charge is 0.137 e. The third kappa shape index (κ3) is 93.9. The van der Waals surface area contributed by atoms with Crippen molar-refractivity contribution in [2.75, 3.05) is 251 Å². The third-order valence-corrected chi connectivity index (χ3v) is 12.6. The van der Waals surface area contributed by atoms with Crippen molar-refractivity contribution in [2.45, 2.75) is 161 Å². The van der Waals surface area contributed by atoms with Crippen molar-refractivity contribution in [3.05, 3.63) is 0 Å². The molecule has 0 aliphatic carbocycles. The number of carbonyl (C=O) groups is 4. The molecule has 0 bridgehead atoms. The van der Waals surface area contributed by atoms with Crippen molar-refractivity contribution in [3.63, 3.8) is 0 Å². The highest BCUT2D eigenvalue weighted by atomic mass is 16.6. The molecule has 0 aromatic rings. The number of ketones is 4. The van der Waals surface area contributed by atoms with E-state index in [0.29, 0.717) is 274 Å². The maximum atomic E-state index is 11.4. The minimum Gasteiger partial charge on any atom is -0.379 e. The summed E-state index contributed by atoms with van der Waals surface area (Å²) in [5, 5.41) is 13.1. The number of hydrogen-bond donors (Lipinski definition) is 4. The van der Waals surface area contributed by atoms with Crippen LogP contribution in [-0.2, 0) is 99.7 Å². The number of ether oxygens (including phenoxy) is 17. The molecule has 0 amide bonds. The molecule has 0 fully saturated rings. The van der Waals surface area contributed by atoms with Crippen LogP contribution >= 0.6 is 0 Å². The van der Waals surface area contributed by atoms with Gasteiger partial charge >= 0.3 is 0 Å². The topological polar surface area (TPSA) is 273 Å². The van der Waals surface area contributed by atoms with Gasteiger partial charge in [-0.05, 0) is 0 Å². The number of nitrogens with one attached hydrogen (secondary N) is 4. The highest BCUT2D eigenvalue weighted by Gasteiger charge is 2.10. The molecule has 570 valence electrons. The van der Waals surface area contributed by atoms with Crippen LogP contribution in [0.25, 0.3) is 0 Å². The molecule has 0 heterocycles. The minimum atomic E-state index is 0.0676. The molecule has 0 aromatic heterocycles. The zero-order chi connectivity index (χ0) is 71.5. The van der Waals surface area contributed by atoms with Gasteiger partial charge in [0.2, 0.25) is 0 Å². The van der Waals surface area contributed by atoms with Crippen LogP contribution in [0.3, 0.4) is 0 Å². The van der Waals surface area contributed by atoms with E-state index in [9.17, 15) is 19.2 Å². The Balaban J connectivity index is -0.000000605. The molecule has 0 unspecified atom stereocenters. The van der Waals surface area contributed by atoms with E-state index in [2.05, 4.69) is 76.7 Å². The molecule has 0 saturated heterocycles. The Labute approximate surface area is 577 Å². The molecule has 0 spiro atoms. The van der Waals surface area contributed by atoms with E-state index in [0.717, 1.165) is 26.2 Å². The number of hydrogen-bond acceptors (Lipinski definition) is 25. The molecule has 4 N–H and O–H groups in total. The summed E-state index contributed by atoms with van der Waals surface area (Å²) in [4.78, 5) is 45.4. The molecule has 0 atom stereocenters. The van der Waals surface area contributed by atoms with Gasteiger partial charge in [-0.25, -0.2) is 0 Å². The molecule has 0 aliphatic rings. The second-order valence-corrected chi connectivity index (χ2v) is 24.3. The largest absolute Gasteiger partial charge is 0.379 e. The third-order valence-electron chi connectivity index (χ3n) is 12.6. The Morgan fingerprint density at radius 3 is 0.389 bits per heavy atom. The van der Waals surface area contributed by atoms with Crippen molar-refractivity contribution < 1.29 is 99.7 Å². The van der Waals surface area contributed by atoms with E-state index < -0.39 is 0 Å². The van der Waals surface area contributed by atoms with E-state index in [1.54, 1.807) is 0 Å². The lowest BCUT2D eigenvalue weighted by Crippen LogP contribution is -2.27. The van der Waals surface area contributed by atoms with Crippen LogP contribution in [0.15, 0.2) is 0 Å². The Kier molecular flexibility index (Phi) is 84.4. The van der Waals surface area contributed by atoms with Crippen LogP contribution < -0.4 is 21.3 Å². The minimum absolute atomic E-state index is 0.0676. The second kappa shape index (κ2) is 80.8. The number of rotatable bonds is 71. The van der Waals surface area contributed by atoms with Crippen LogP contribution in [0.4, 0.5) is 0 Å². The Bertz CT molecular complexity index is 1570. The predicted octanol–water partition coefficient (Wildman–Crippen LogP) is 6.68. The Hall–Kier alpha value is -2.16. The fourth-order valence-corrected chi connectivity index (χ4v) is 6.79. The van der Waals surface area contributed by atoms with Crippen LogP contribution in [0, 0.1) is 23.7 Å². The standard InChI is InChI=1S/C25H51NO9.C17H35NO5.C15H31NO4.C13H27NO3/c1-23(2)25(27)5-7-28-9-11-30-13-15-32-17-19-34-21-22-35-20-18-33-16-14-31-12-10-29-8-6-26-24(3)4;1-15(2)17(19)5-7-20-9-11-22-13-14-23-12-10-21-8-6-18-16(3)4;1-13(2)15(17)5-7-18-9-11-20-12-10-19-8-6-16-14(3)4;1-11(2)13(15)5-7-16-9-10-17-8-6-14-12(3)4/h23-24,26H,5-22H2,1-4H3;15-16,18H,5-14H2,1-4H3;13-14,16H,5-12H2,1-4H3;11-12,14H,5-10H2,1-4H3. The van der Waals surface area contributed by atoms with Crippen molar-refractivity contribution in [3.8, 4) is 0 Å². The van der Waals surface area contributed by atoms with Gasteiger partial charge in [0.1, 0.15) is 23.1 Å². The van der Waals surface area contributed by atoms with Crippen molar-refractivity contribution >= 4 is 23.1 Å². The molecule has 95 heavy (non-hydrogen) atoms. The van der Waals surface area contributed by atoms with Gasteiger partial charge in [-0.2, -0.15) is 0 Å². The maximum Gasteiger partial charge on any atom is 0.137 e. The summed E-state index contributed by atoms with van der Waals surface area (Å²) in [5.74, 6) is 1.32. The molecule has 0 rings (SSSR count). The van der Waals surface area contributed by atoms with E-state index in [1.807, 2.05) is 55.4 Å². The summed E-state index contributed by atoms with van der Waals surface area (Å²) in [7, 11) is 0. The van der Waals surface area contributed by atoms with Crippen LogP contribution in [-0.4, -0.2) is 298 Å². The lowest BCUT2D eigenvalue weighted by Gasteiger charge is -2.09. The summed E-state index contributed by atoms with van der Waals surface area (Å²) in [5.41, 5.74) is 0. The Morgan fingerprint density at radius 2 is 0.284 bits per heavy atom.